The number of methoxy groups -OCH3 is 1. The summed E-state index contributed by atoms with van der Waals surface area (Å²) in [5, 5.41) is 29.8. The second-order valence-corrected chi connectivity index (χ2v) is 12.6. The summed E-state index contributed by atoms with van der Waals surface area (Å²) in [5.74, 6) is -2.73. The number of amides is 1. The smallest absolute Gasteiger partial charge is 0.338 e. The van der Waals surface area contributed by atoms with Gasteiger partial charge in [-0.2, -0.15) is 0 Å². The Morgan fingerprint density at radius 1 is 1.24 bits per heavy atom. The number of nitro benzene ring substituents is 1. The Balaban J connectivity index is 1.69. The van der Waals surface area contributed by atoms with E-state index in [1.165, 1.54) is 37.5 Å². The molecule has 0 saturated carbocycles. The van der Waals surface area contributed by atoms with Crippen LogP contribution in [-0.4, -0.2) is 59.2 Å². The van der Waals surface area contributed by atoms with E-state index < -0.39 is 52.8 Å². The Morgan fingerprint density at radius 3 is 2.70 bits per heavy atom. The highest BCUT2D eigenvalue weighted by Gasteiger charge is 2.67. The number of carbonyl (C=O) groups is 2. The van der Waals surface area contributed by atoms with Gasteiger partial charge in [0.1, 0.15) is 17.1 Å². The first-order valence-corrected chi connectivity index (χ1v) is 16.4. The first kappa shape index (κ1) is 36.7. The molecule has 11 nitrogen and oxygen atoms in total. The Labute approximate surface area is 298 Å². The minimum Gasteiger partial charge on any atom is -0.494 e. The molecule has 1 fully saturated rings. The number of nitrogens with zero attached hydrogens (tertiary/aromatic N) is 2. The molecule has 4 atom stereocenters. The molecular formula is C36H35Cl2FN4O7. The quantitative estimate of drug-likeness (QED) is 0.0790. The largest absolute Gasteiger partial charge is 0.494 e. The van der Waals surface area contributed by atoms with Crippen LogP contribution in [-0.2, 0) is 28.2 Å². The summed E-state index contributed by atoms with van der Waals surface area (Å²) in [4.78, 5) is 39.8. The maximum atomic E-state index is 17.0. The summed E-state index contributed by atoms with van der Waals surface area (Å²) < 4.78 is 27.4. The maximum absolute atomic E-state index is 17.0. The van der Waals surface area contributed by atoms with E-state index in [2.05, 4.69) is 17.2 Å². The normalized spacial score (nSPS) is 21.8. The topological polar surface area (TPSA) is 143 Å². The van der Waals surface area contributed by atoms with Gasteiger partial charge < -0.3 is 25.2 Å². The van der Waals surface area contributed by atoms with Crippen LogP contribution in [0.1, 0.15) is 34.0 Å². The monoisotopic (exact) mass is 724 g/mol. The van der Waals surface area contributed by atoms with E-state index in [1.54, 1.807) is 35.2 Å². The number of fused-ring (bicyclic) bond motifs is 2. The van der Waals surface area contributed by atoms with Crippen LogP contribution in [0.5, 0.6) is 5.75 Å². The lowest BCUT2D eigenvalue weighted by atomic mass is 9.76. The number of aliphatic hydroxyl groups is 1. The van der Waals surface area contributed by atoms with Crippen molar-refractivity contribution in [1.82, 2.24) is 10.2 Å². The second-order valence-electron chi connectivity index (χ2n) is 11.7. The molecule has 5 rings (SSSR count). The minimum absolute atomic E-state index is 0.0196. The Kier molecular flexibility index (Phi) is 11.4. The lowest BCUT2D eigenvalue weighted by Gasteiger charge is -2.38. The molecule has 2 heterocycles. The number of hydrogen-bond donors (Lipinski definition) is 3. The van der Waals surface area contributed by atoms with E-state index >= 15 is 4.39 Å². The number of likely N-dealkylation sites (tertiary alicyclic amines) is 1. The maximum Gasteiger partial charge on any atom is 0.338 e. The second kappa shape index (κ2) is 15.5. The van der Waals surface area contributed by atoms with Crippen LogP contribution < -0.4 is 15.4 Å². The van der Waals surface area contributed by atoms with Gasteiger partial charge in [0.2, 0.25) is 5.91 Å². The fourth-order valence-corrected chi connectivity index (χ4v) is 7.13. The van der Waals surface area contributed by atoms with Gasteiger partial charge >= 0.3 is 5.97 Å². The first-order valence-electron chi connectivity index (χ1n) is 15.6. The molecule has 0 aromatic heterocycles. The van der Waals surface area contributed by atoms with Gasteiger partial charge in [0, 0.05) is 52.1 Å². The molecule has 50 heavy (non-hydrogen) atoms. The van der Waals surface area contributed by atoms with E-state index in [1.807, 2.05) is 19.1 Å². The van der Waals surface area contributed by atoms with Crippen LogP contribution in [0.3, 0.4) is 0 Å². The molecule has 3 N–H and O–H groups in total. The zero-order valence-electron chi connectivity index (χ0n) is 27.2. The van der Waals surface area contributed by atoms with E-state index in [0.717, 1.165) is 11.6 Å². The van der Waals surface area contributed by atoms with Crippen molar-refractivity contribution in [2.75, 3.05) is 25.6 Å². The Morgan fingerprint density at radius 2 is 2.02 bits per heavy atom. The number of nitro groups is 1. The zero-order chi connectivity index (χ0) is 36.2. The molecule has 0 radical (unpaired) electrons. The fourth-order valence-electron chi connectivity index (χ4n) is 6.88. The number of anilines is 1. The third kappa shape index (κ3) is 7.03. The molecule has 0 bridgehead atoms. The van der Waals surface area contributed by atoms with Crippen molar-refractivity contribution in [2.24, 2.45) is 5.92 Å². The van der Waals surface area contributed by atoms with Crippen molar-refractivity contribution < 1.29 is 33.5 Å². The van der Waals surface area contributed by atoms with Crippen LogP contribution in [0.4, 0.5) is 15.8 Å². The van der Waals surface area contributed by atoms with E-state index in [-0.39, 0.29) is 34.9 Å². The third-order valence-electron chi connectivity index (χ3n) is 8.87. The van der Waals surface area contributed by atoms with Gasteiger partial charge in [0.15, 0.2) is 0 Å². The molecule has 1 spiro atoms. The Hall–Kier alpha value is -4.59. The van der Waals surface area contributed by atoms with Crippen LogP contribution in [0.25, 0.3) is 0 Å². The van der Waals surface area contributed by atoms with Gasteiger partial charge in [-0.3, -0.25) is 19.8 Å². The predicted molar refractivity (Wildman–Crippen MR) is 188 cm³/mol. The lowest BCUT2D eigenvalue weighted by molar-refractivity contribution is -0.385. The summed E-state index contributed by atoms with van der Waals surface area (Å²) >= 11 is 12.2. The zero-order valence-corrected chi connectivity index (χ0v) is 28.7. The fraction of sp³-hybridized carbons (Fsp3) is 0.278. The number of carbonyl (C=O) groups excluding carboxylic acids is 2. The van der Waals surface area contributed by atoms with Gasteiger partial charge in [-0.15, -0.1) is 0 Å². The van der Waals surface area contributed by atoms with Crippen molar-refractivity contribution >= 4 is 46.5 Å². The molecule has 2 aliphatic heterocycles. The number of aliphatic hydroxyl groups excluding tert-OH is 1. The summed E-state index contributed by atoms with van der Waals surface area (Å²) in [5.41, 5.74) is -0.407. The average molecular weight is 726 g/mol. The van der Waals surface area contributed by atoms with E-state index in [9.17, 15) is 24.8 Å². The molecule has 3 aromatic rings. The molecule has 14 heteroatoms. The number of hydrogen-bond acceptors (Lipinski definition) is 9. The number of halogens is 3. The van der Waals surface area contributed by atoms with Crippen molar-refractivity contribution in [2.45, 2.75) is 37.6 Å². The number of benzene rings is 3. The highest BCUT2D eigenvalue weighted by molar-refractivity contribution is 6.31. The van der Waals surface area contributed by atoms with Crippen molar-refractivity contribution in [3.8, 4) is 5.75 Å². The molecular weight excluding hydrogens is 690 g/mol. The van der Waals surface area contributed by atoms with Crippen LogP contribution in [0.15, 0.2) is 96.3 Å². The van der Waals surface area contributed by atoms with Gasteiger partial charge in [0.25, 0.3) is 5.69 Å². The lowest BCUT2D eigenvalue weighted by Crippen LogP contribution is -2.52. The van der Waals surface area contributed by atoms with Crippen LogP contribution in [0, 0.1) is 16.0 Å². The predicted octanol–water partition coefficient (Wildman–Crippen LogP) is 6.39. The van der Waals surface area contributed by atoms with E-state index in [4.69, 9.17) is 32.7 Å². The summed E-state index contributed by atoms with van der Waals surface area (Å²) in [6.07, 6.45) is 3.93. The standard InChI is InChI=1S/C36H35Cl2FN4O7/c1-4-50-26-9-6-8-22(15-26)19-42-31(20-44)33(40-18-24-12-11-23(34(45)49-3)16-30(24)43(47)48)32(28(39)10-5-7-21(2)37)36(42)27-14-13-25(38)17-29(27)41-35(36)46/h5-17,31-33,40,44H,2,4,18-20H2,1,3H3,(H,41,46)/b7-5-,28-10-/t31-,32-,33+,36+/m1/s1. The molecule has 1 saturated heterocycles. The highest BCUT2D eigenvalue weighted by atomic mass is 35.5. The molecule has 1 amide bonds. The number of allylic oxidation sites excluding steroid dienone is 4. The van der Waals surface area contributed by atoms with Gasteiger partial charge in [-0.25, -0.2) is 9.18 Å². The number of nitrogens with one attached hydrogen (secondary N) is 2. The minimum atomic E-state index is -1.74. The average Bonchev–Trinajstić information content (AvgIpc) is 3.52. The third-order valence-corrected chi connectivity index (χ3v) is 9.24. The highest BCUT2D eigenvalue weighted by Crippen LogP contribution is 2.56. The SMILES string of the molecule is C=C(Cl)/C=C\C=C(/F)[C@@H]1[C@@H](NCc2ccc(C(=O)OC)cc2[N+](=O)[O-])[C@@H](CO)N(Cc2cccc(OCC)c2)[C@]12C(=O)Nc1cc(Cl)ccc12. The molecule has 0 aliphatic carbocycles. The molecule has 3 aromatic carbocycles. The summed E-state index contributed by atoms with van der Waals surface area (Å²) in [6.45, 7) is 5.24. The summed E-state index contributed by atoms with van der Waals surface area (Å²) in [6, 6.07) is 14.1. The van der Waals surface area contributed by atoms with Crippen molar-refractivity contribution in [1.29, 1.82) is 0 Å². The number of ether oxygens (including phenoxy) is 2. The van der Waals surface area contributed by atoms with Crippen LogP contribution >= 0.6 is 23.2 Å². The molecule has 2 aliphatic rings. The van der Waals surface area contributed by atoms with Gasteiger partial charge in [-0.05, 0) is 55.0 Å². The summed E-state index contributed by atoms with van der Waals surface area (Å²) in [7, 11) is 1.17. The first-order chi connectivity index (χ1) is 24.0. The van der Waals surface area contributed by atoms with Crippen LogP contribution in [0.2, 0.25) is 5.02 Å². The number of esters is 1. The van der Waals surface area contributed by atoms with Crippen molar-refractivity contribution in [3.63, 3.8) is 0 Å². The Bertz CT molecular complexity index is 1890. The molecule has 0 unspecified atom stereocenters. The van der Waals surface area contributed by atoms with Crippen molar-refractivity contribution in [3.05, 3.63) is 134 Å². The number of rotatable bonds is 13. The molecule has 262 valence electrons. The van der Waals surface area contributed by atoms with Gasteiger partial charge in [-0.1, -0.05) is 60.1 Å². The van der Waals surface area contributed by atoms with Gasteiger partial charge in [0.05, 0.1) is 42.8 Å². The van der Waals surface area contributed by atoms with E-state index in [0.29, 0.717) is 28.6 Å².